The maximum atomic E-state index is 10.8. The molecule has 0 radical (unpaired) electrons. The molecule has 0 spiro atoms. The Balaban J connectivity index is 1.16. The van der Waals surface area contributed by atoms with Gasteiger partial charge in [-0.2, -0.15) is 0 Å². The Morgan fingerprint density at radius 1 is 0.833 bits per heavy atom. The largest absolute Gasteiger partial charge is 0.490 e. The van der Waals surface area contributed by atoms with Crippen LogP contribution in [0.25, 0.3) is 11.4 Å². The van der Waals surface area contributed by atoms with E-state index in [4.69, 9.17) is 61.0 Å². The lowest BCUT2D eigenvalue weighted by molar-refractivity contribution is -0.136. The summed E-state index contributed by atoms with van der Waals surface area (Å²) in [7, 11) is 0. The summed E-state index contributed by atoms with van der Waals surface area (Å²) >= 11 is 25.6. The van der Waals surface area contributed by atoms with E-state index in [0.29, 0.717) is 62.7 Å². The number of nitrogens with zero attached hydrogens (tertiary/aromatic N) is 3. The van der Waals surface area contributed by atoms with E-state index < -0.39 is 5.97 Å². The molecular formula is C29H29Cl4N5O4. The molecule has 0 unspecified atom stereocenters. The monoisotopic (exact) mass is 651 g/mol. The molecule has 1 heterocycles. The first-order chi connectivity index (χ1) is 20.3. The van der Waals surface area contributed by atoms with E-state index in [0.717, 1.165) is 48.9 Å². The molecule has 0 bridgehead atoms. The van der Waals surface area contributed by atoms with Crippen molar-refractivity contribution in [2.75, 3.05) is 18.5 Å². The number of rotatable bonds is 16. The number of unbranched alkanes of at least 4 members (excludes halogenated alkanes) is 4. The number of aryl methyl sites for hydroxylation is 1. The second-order valence-electron chi connectivity index (χ2n) is 9.44. The zero-order chi connectivity index (χ0) is 29.9. The van der Waals surface area contributed by atoms with Gasteiger partial charge in [0.25, 0.3) is 0 Å². The Kier molecular flexibility index (Phi) is 12.0. The van der Waals surface area contributed by atoms with Crippen LogP contribution in [0.1, 0.15) is 44.1 Å². The Bertz CT molecular complexity index is 1440. The number of carbonyl (C=O) groups is 1. The molecule has 0 aliphatic carbocycles. The van der Waals surface area contributed by atoms with Gasteiger partial charge in [0, 0.05) is 23.4 Å². The van der Waals surface area contributed by atoms with E-state index in [1.54, 1.807) is 24.3 Å². The molecule has 42 heavy (non-hydrogen) atoms. The van der Waals surface area contributed by atoms with E-state index in [9.17, 15) is 4.79 Å². The topological polar surface area (TPSA) is 122 Å². The van der Waals surface area contributed by atoms with E-state index in [2.05, 4.69) is 25.9 Å². The molecular weight excluding hydrogens is 624 g/mol. The summed E-state index contributed by atoms with van der Waals surface area (Å²) in [4.78, 5) is 10.8. The van der Waals surface area contributed by atoms with Gasteiger partial charge in [-0.15, -0.1) is 5.10 Å². The van der Waals surface area contributed by atoms with Crippen LogP contribution in [0.15, 0.2) is 48.5 Å². The molecule has 0 fully saturated rings. The summed E-state index contributed by atoms with van der Waals surface area (Å²) < 4.78 is 11.7. The second-order valence-corrected chi connectivity index (χ2v) is 11.1. The smallest absolute Gasteiger partial charge is 0.303 e. The highest BCUT2D eigenvalue weighted by Crippen LogP contribution is 2.38. The van der Waals surface area contributed by atoms with Crippen molar-refractivity contribution in [2.24, 2.45) is 0 Å². The number of nitrogens with one attached hydrogen (secondary N) is 2. The Labute approximate surface area is 263 Å². The van der Waals surface area contributed by atoms with Crippen LogP contribution in [-0.4, -0.2) is 44.9 Å². The Morgan fingerprint density at radius 2 is 1.40 bits per heavy atom. The fourth-order valence-corrected chi connectivity index (χ4v) is 5.46. The Morgan fingerprint density at radius 3 is 1.98 bits per heavy atom. The van der Waals surface area contributed by atoms with Crippen molar-refractivity contribution in [1.29, 1.82) is 0 Å². The first-order valence-electron chi connectivity index (χ1n) is 13.4. The number of anilines is 2. The zero-order valence-corrected chi connectivity index (χ0v) is 25.5. The third kappa shape index (κ3) is 9.13. The van der Waals surface area contributed by atoms with Crippen LogP contribution in [0.4, 0.5) is 11.4 Å². The minimum atomic E-state index is -0.870. The summed E-state index contributed by atoms with van der Waals surface area (Å²) in [5, 5.41) is 27.8. The molecule has 4 aromatic rings. The lowest BCUT2D eigenvalue weighted by Gasteiger charge is -2.14. The quantitative estimate of drug-likeness (QED) is 0.103. The van der Waals surface area contributed by atoms with Crippen LogP contribution in [0.2, 0.25) is 20.1 Å². The molecule has 0 atom stereocenters. The first kappa shape index (κ1) is 31.7. The standard InChI is InChI=1S/C29H29Cl4N5O4/c30-21-14-18(10-11-26(39)40)15-22(31)27(21)41-12-6-2-1-3-7-13-42-28-23(32)16-19(17-24(28)33)34-25-9-5-4-8-20(25)29-35-37-38-36-29/h4-5,8-9,14-17,34H,1-3,6-7,10-13H2,(H,39,40)(H,35,36,37,38). The van der Waals surface area contributed by atoms with Gasteiger partial charge in [0.1, 0.15) is 0 Å². The highest BCUT2D eigenvalue weighted by Gasteiger charge is 2.14. The van der Waals surface area contributed by atoms with Crippen molar-refractivity contribution in [3.63, 3.8) is 0 Å². The fourth-order valence-electron chi connectivity index (χ4n) is 4.23. The molecule has 4 rings (SSSR count). The number of ether oxygens (including phenoxy) is 2. The molecule has 0 aliphatic rings. The van der Waals surface area contributed by atoms with Crippen molar-refractivity contribution < 1.29 is 19.4 Å². The third-order valence-electron chi connectivity index (χ3n) is 6.27. The minimum Gasteiger partial charge on any atom is -0.490 e. The number of hydrogen-bond acceptors (Lipinski definition) is 7. The molecule has 0 amide bonds. The molecule has 9 nitrogen and oxygen atoms in total. The molecule has 1 aromatic heterocycles. The van der Waals surface area contributed by atoms with Crippen molar-refractivity contribution >= 4 is 63.7 Å². The average molecular weight is 653 g/mol. The lowest BCUT2D eigenvalue weighted by atomic mass is 10.1. The second kappa shape index (κ2) is 15.8. The number of benzene rings is 3. The highest BCUT2D eigenvalue weighted by atomic mass is 35.5. The normalized spacial score (nSPS) is 11.0. The van der Waals surface area contributed by atoms with Crippen LogP contribution in [0.5, 0.6) is 11.5 Å². The van der Waals surface area contributed by atoms with Gasteiger partial charge < -0.3 is 19.9 Å². The maximum absolute atomic E-state index is 10.8. The molecule has 0 saturated carbocycles. The highest BCUT2D eigenvalue weighted by molar-refractivity contribution is 6.38. The van der Waals surface area contributed by atoms with Crippen molar-refractivity contribution in [3.8, 4) is 22.9 Å². The molecule has 3 N–H and O–H groups in total. The molecule has 3 aromatic carbocycles. The van der Waals surface area contributed by atoms with Gasteiger partial charge in [-0.3, -0.25) is 4.79 Å². The number of H-pyrrole nitrogens is 1. The Hall–Kier alpha value is -3.24. The maximum Gasteiger partial charge on any atom is 0.303 e. The van der Waals surface area contributed by atoms with E-state index >= 15 is 0 Å². The fraction of sp³-hybridized carbons (Fsp3) is 0.310. The average Bonchev–Trinajstić information content (AvgIpc) is 3.48. The van der Waals surface area contributed by atoms with Crippen molar-refractivity contribution in [1.82, 2.24) is 20.6 Å². The van der Waals surface area contributed by atoms with Crippen LogP contribution in [0, 0.1) is 0 Å². The van der Waals surface area contributed by atoms with Gasteiger partial charge in [0.2, 0.25) is 0 Å². The van der Waals surface area contributed by atoms with Gasteiger partial charge in [0.05, 0.1) is 33.3 Å². The first-order valence-corrected chi connectivity index (χ1v) is 14.9. The zero-order valence-electron chi connectivity index (χ0n) is 22.5. The number of carboxylic acids is 1. The summed E-state index contributed by atoms with van der Waals surface area (Å²) in [6.07, 6.45) is 5.02. The van der Waals surface area contributed by atoms with Gasteiger partial charge in [-0.1, -0.05) is 77.8 Å². The minimum absolute atomic E-state index is 0.0155. The number of aromatic amines is 1. The van der Waals surface area contributed by atoms with E-state index in [1.165, 1.54) is 0 Å². The molecule has 13 heteroatoms. The number of aliphatic carboxylic acids is 1. The molecule has 0 aliphatic heterocycles. The van der Waals surface area contributed by atoms with Gasteiger partial charge in [0.15, 0.2) is 17.3 Å². The number of halogens is 4. The summed E-state index contributed by atoms with van der Waals surface area (Å²) in [6, 6.07) is 14.5. The molecule has 0 saturated heterocycles. The van der Waals surface area contributed by atoms with Crippen molar-refractivity contribution in [2.45, 2.75) is 44.9 Å². The van der Waals surface area contributed by atoms with E-state index in [-0.39, 0.29) is 6.42 Å². The SMILES string of the molecule is O=C(O)CCc1cc(Cl)c(OCCCCCCCOc2c(Cl)cc(Nc3ccccc3-c3nnn[nH]3)cc2Cl)c(Cl)c1. The number of tetrazole rings is 1. The summed E-state index contributed by atoms with van der Waals surface area (Å²) in [6.45, 7) is 0.971. The number of aromatic nitrogens is 4. The van der Waals surface area contributed by atoms with Crippen LogP contribution >= 0.6 is 46.4 Å². The molecule has 222 valence electrons. The van der Waals surface area contributed by atoms with Crippen LogP contribution in [-0.2, 0) is 11.2 Å². The van der Waals surface area contributed by atoms with Gasteiger partial charge in [-0.05, 0) is 71.7 Å². The summed E-state index contributed by atoms with van der Waals surface area (Å²) in [5.41, 5.74) is 3.06. The van der Waals surface area contributed by atoms with E-state index in [1.807, 2.05) is 24.3 Å². The number of para-hydroxylation sites is 1. The van der Waals surface area contributed by atoms with Gasteiger partial charge in [-0.25, -0.2) is 5.10 Å². The number of hydrogen-bond donors (Lipinski definition) is 3. The predicted octanol–water partition coefficient (Wildman–Crippen LogP) is 8.65. The van der Waals surface area contributed by atoms with Crippen molar-refractivity contribution in [3.05, 3.63) is 74.2 Å². The number of carboxylic acid groups (broad SMARTS) is 1. The third-order valence-corrected chi connectivity index (χ3v) is 7.39. The lowest BCUT2D eigenvalue weighted by Crippen LogP contribution is -2.02. The summed E-state index contributed by atoms with van der Waals surface area (Å²) in [5.74, 6) is 0.549. The van der Waals surface area contributed by atoms with Crippen LogP contribution < -0.4 is 14.8 Å². The van der Waals surface area contributed by atoms with Gasteiger partial charge >= 0.3 is 5.97 Å². The van der Waals surface area contributed by atoms with Crippen LogP contribution in [0.3, 0.4) is 0 Å². The predicted molar refractivity (Wildman–Crippen MR) is 166 cm³/mol.